The monoisotopic (exact) mass is 404 g/mol. The Morgan fingerprint density at radius 1 is 1.22 bits per heavy atom. The lowest BCUT2D eigenvalue weighted by atomic mass is 10.1. The highest BCUT2D eigenvalue weighted by molar-refractivity contribution is 6.35. The van der Waals surface area contributed by atoms with Crippen molar-refractivity contribution in [1.29, 1.82) is 0 Å². The summed E-state index contributed by atoms with van der Waals surface area (Å²) in [5.74, 6) is 1.89. The van der Waals surface area contributed by atoms with E-state index in [2.05, 4.69) is 0 Å². The zero-order valence-electron chi connectivity index (χ0n) is 15.0. The van der Waals surface area contributed by atoms with Gasteiger partial charge in [0.05, 0.1) is 5.39 Å². The fourth-order valence-corrected chi connectivity index (χ4v) is 3.61. The van der Waals surface area contributed by atoms with Gasteiger partial charge in [0.1, 0.15) is 23.7 Å². The van der Waals surface area contributed by atoms with Gasteiger partial charge >= 0.3 is 5.97 Å². The fourth-order valence-electron chi connectivity index (χ4n) is 3.14. The van der Waals surface area contributed by atoms with Crippen LogP contribution in [0.4, 0.5) is 0 Å². The molecule has 1 aliphatic rings. The maximum absolute atomic E-state index is 11.4. The van der Waals surface area contributed by atoms with Crippen LogP contribution >= 0.6 is 23.2 Å². The molecular formula is C21H18Cl2O4. The lowest BCUT2D eigenvalue weighted by Crippen LogP contribution is -2.02. The van der Waals surface area contributed by atoms with Crippen molar-refractivity contribution in [1.82, 2.24) is 0 Å². The SMILES string of the molecule is CC(=O)Oc1c(C)oc2cc(OCc3ccc(Cl)cc3Cl)c(C3CC3)cc12. The van der Waals surface area contributed by atoms with Crippen molar-refractivity contribution < 1.29 is 18.7 Å². The molecule has 1 aliphatic carbocycles. The van der Waals surface area contributed by atoms with E-state index in [0.717, 1.165) is 35.1 Å². The summed E-state index contributed by atoms with van der Waals surface area (Å²) >= 11 is 12.2. The topological polar surface area (TPSA) is 48.7 Å². The van der Waals surface area contributed by atoms with E-state index >= 15 is 0 Å². The number of fused-ring (bicyclic) bond motifs is 1. The van der Waals surface area contributed by atoms with E-state index in [1.165, 1.54) is 6.92 Å². The quantitative estimate of drug-likeness (QED) is 0.459. The summed E-state index contributed by atoms with van der Waals surface area (Å²) in [6, 6.07) is 9.23. The van der Waals surface area contributed by atoms with Crippen LogP contribution in [0, 0.1) is 6.92 Å². The number of ether oxygens (including phenoxy) is 2. The highest BCUT2D eigenvalue weighted by Crippen LogP contribution is 2.48. The molecule has 140 valence electrons. The van der Waals surface area contributed by atoms with E-state index in [1.54, 1.807) is 19.1 Å². The second-order valence-electron chi connectivity index (χ2n) is 6.77. The Balaban J connectivity index is 1.69. The van der Waals surface area contributed by atoms with Crippen molar-refractivity contribution >= 4 is 40.1 Å². The van der Waals surface area contributed by atoms with Gasteiger partial charge in [-0.15, -0.1) is 0 Å². The number of hydrogen-bond donors (Lipinski definition) is 0. The van der Waals surface area contributed by atoms with Crippen LogP contribution in [0.1, 0.15) is 42.6 Å². The summed E-state index contributed by atoms with van der Waals surface area (Å²) in [6.07, 6.45) is 2.23. The van der Waals surface area contributed by atoms with Gasteiger partial charge in [0.25, 0.3) is 0 Å². The Kier molecular flexibility index (Phi) is 4.79. The average molecular weight is 405 g/mol. The fraction of sp³-hybridized carbons (Fsp3) is 0.286. The average Bonchev–Trinajstić information content (AvgIpc) is 3.39. The normalized spacial score (nSPS) is 13.8. The lowest BCUT2D eigenvalue weighted by Gasteiger charge is -2.12. The van der Waals surface area contributed by atoms with Crippen LogP contribution in [0.5, 0.6) is 11.5 Å². The maximum atomic E-state index is 11.4. The molecule has 0 spiro atoms. The molecule has 27 heavy (non-hydrogen) atoms. The minimum Gasteiger partial charge on any atom is -0.488 e. The number of esters is 1. The first-order chi connectivity index (χ1) is 12.9. The number of aryl methyl sites for hydroxylation is 1. The summed E-state index contributed by atoms with van der Waals surface area (Å²) in [4.78, 5) is 11.4. The first kappa shape index (κ1) is 18.2. The Morgan fingerprint density at radius 3 is 2.67 bits per heavy atom. The second-order valence-corrected chi connectivity index (χ2v) is 7.61. The van der Waals surface area contributed by atoms with Crippen LogP contribution in [-0.4, -0.2) is 5.97 Å². The van der Waals surface area contributed by atoms with Gasteiger partial charge in [0, 0.05) is 28.6 Å². The van der Waals surface area contributed by atoms with Gasteiger partial charge in [-0.05, 0) is 49.4 Å². The highest BCUT2D eigenvalue weighted by atomic mass is 35.5. The van der Waals surface area contributed by atoms with E-state index in [4.69, 9.17) is 37.1 Å². The van der Waals surface area contributed by atoms with Crippen molar-refractivity contribution in [2.24, 2.45) is 0 Å². The van der Waals surface area contributed by atoms with Gasteiger partial charge < -0.3 is 13.9 Å². The molecule has 4 rings (SSSR count). The smallest absolute Gasteiger partial charge is 0.308 e. The van der Waals surface area contributed by atoms with Gasteiger partial charge in [0.15, 0.2) is 5.75 Å². The van der Waals surface area contributed by atoms with E-state index in [1.807, 2.05) is 18.2 Å². The van der Waals surface area contributed by atoms with E-state index < -0.39 is 0 Å². The van der Waals surface area contributed by atoms with Crippen molar-refractivity contribution in [3.63, 3.8) is 0 Å². The maximum Gasteiger partial charge on any atom is 0.308 e. The Labute approximate surface area is 167 Å². The van der Waals surface area contributed by atoms with Crippen LogP contribution in [0.2, 0.25) is 10.0 Å². The van der Waals surface area contributed by atoms with Crippen LogP contribution in [0.3, 0.4) is 0 Å². The highest BCUT2D eigenvalue weighted by Gasteiger charge is 2.29. The molecule has 6 heteroatoms. The van der Waals surface area contributed by atoms with Gasteiger partial charge in [-0.2, -0.15) is 0 Å². The molecule has 0 amide bonds. The molecule has 1 heterocycles. The van der Waals surface area contributed by atoms with Crippen LogP contribution in [0.25, 0.3) is 11.0 Å². The third-order valence-electron chi connectivity index (χ3n) is 4.60. The van der Waals surface area contributed by atoms with Crippen LogP contribution in [-0.2, 0) is 11.4 Å². The summed E-state index contributed by atoms with van der Waals surface area (Å²) in [5.41, 5.74) is 2.59. The molecule has 3 aromatic rings. The number of furan rings is 1. The summed E-state index contributed by atoms with van der Waals surface area (Å²) in [6.45, 7) is 3.49. The number of hydrogen-bond acceptors (Lipinski definition) is 4. The molecule has 1 fully saturated rings. The number of halogens is 2. The molecule has 0 bridgehead atoms. The molecule has 2 aromatic carbocycles. The lowest BCUT2D eigenvalue weighted by molar-refractivity contribution is -0.131. The molecule has 0 saturated heterocycles. The summed E-state index contributed by atoms with van der Waals surface area (Å²) < 4.78 is 17.2. The minimum atomic E-state index is -0.369. The Morgan fingerprint density at radius 2 is 2.00 bits per heavy atom. The molecule has 1 saturated carbocycles. The third kappa shape index (κ3) is 3.78. The van der Waals surface area contributed by atoms with Gasteiger partial charge in [-0.1, -0.05) is 29.3 Å². The van der Waals surface area contributed by atoms with E-state index in [-0.39, 0.29) is 5.97 Å². The zero-order chi connectivity index (χ0) is 19.1. The molecule has 4 nitrogen and oxygen atoms in total. The van der Waals surface area contributed by atoms with Gasteiger partial charge in [-0.25, -0.2) is 0 Å². The minimum absolute atomic E-state index is 0.331. The molecule has 0 radical (unpaired) electrons. The molecule has 0 unspecified atom stereocenters. The Hall–Kier alpha value is -2.17. The number of benzene rings is 2. The Bertz CT molecular complexity index is 1030. The molecule has 0 N–H and O–H groups in total. The van der Waals surface area contributed by atoms with Crippen molar-refractivity contribution in [2.45, 2.75) is 39.2 Å². The predicted molar refractivity (Wildman–Crippen MR) is 105 cm³/mol. The van der Waals surface area contributed by atoms with E-state index in [9.17, 15) is 4.79 Å². The molecule has 0 atom stereocenters. The van der Waals surface area contributed by atoms with Crippen molar-refractivity contribution in [2.75, 3.05) is 0 Å². The first-order valence-electron chi connectivity index (χ1n) is 8.74. The van der Waals surface area contributed by atoms with Crippen LogP contribution in [0.15, 0.2) is 34.7 Å². The van der Waals surface area contributed by atoms with Crippen molar-refractivity contribution in [3.8, 4) is 11.5 Å². The zero-order valence-corrected chi connectivity index (χ0v) is 16.5. The third-order valence-corrected chi connectivity index (χ3v) is 5.19. The largest absolute Gasteiger partial charge is 0.488 e. The second kappa shape index (κ2) is 7.10. The van der Waals surface area contributed by atoms with Gasteiger partial charge in [0.2, 0.25) is 0 Å². The number of carbonyl (C=O) groups is 1. The standard InChI is InChI=1S/C21H18Cl2O4/c1-11-21(27-12(2)24)17-8-16(13-3-4-13)19(9-20(17)26-11)25-10-14-5-6-15(22)7-18(14)23/h5-9,13H,3-4,10H2,1-2H3. The first-order valence-corrected chi connectivity index (χ1v) is 9.50. The summed E-state index contributed by atoms with van der Waals surface area (Å²) in [5, 5.41) is 1.96. The summed E-state index contributed by atoms with van der Waals surface area (Å²) in [7, 11) is 0. The van der Waals surface area contributed by atoms with Crippen LogP contribution < -0.4 is 9.47 Å². The molecule has 1 aromatic heterocycles. The molecular weight excluding hydrogens is 387 g/mol. The number of rotatable bonds is 5. The molecule has 0 aliphatic heterocycles. The van der Waals surface area contributed by atoms with E-state index in [0.29, 0.717) is 39.7 Å². The number of carbonyl (C=O) groups excluding carboxylic acids is 1. The predicted octanol–water partition coefficient (Wildman–Crippen LogP) is 6.43. The van der Waals surface area contributed by atoms with Gasteiger partial charge in [-0.3, -0.25) is 4.79 Å². The van der Waals surface area contributed by atoms with Crippen molar-refractivity contribution in [3.05, 3.63) is 57.3 Å².